The first-order chi connectivity index (χ1) is 16.4. The van der Waals surface area contributed by atoms with Crippen molar-refractivity contribution in [1.82, 2.24) is 0 Å². The summed E-state index contributed by atoms with van der Waals surface area (Å²) in [4.78, 5) is 0. The molecule has 4 rings (SSSR count). The molecular weight excluding hydrogens is 515 g/mol. The van der Waals surface area contributed by atoms with E-state index in [9.17, 15) is 16.8 Å². The van der Waals surface area contributed by atoms with Gasteiger partial charge in [0.1, 0.15) is 5.75 Å². The fourth-order valence-corrected chi connectivity index (χ4v) is 9.47. The van der Waals surface area contributed by atoms with Gasteiger partial charge in [0.05, 0.1) is 23.9 Å². The average Bonchev–Trinajstić information content (AvgIpc) is 2.71. The summed E-state index contributed by atoms with van der Waals surface area (Å²) in [6, 6.07) is 16.4. The van der Waals surface area contributed by atoms with Crippen LogP contribution in [0.5, 0.6) is 5.75 Å². The molecule has 0 atom stereocenters. The van der Waals surface area contributed by atoms with Gasteiger partial charge in [0, 0.05) is 10.9 Å². The molecule has 0 fully saturated rings. The zero-order chi connectivity index (χ0) is 26.8. The molecule has 36 heavy (non-hydrogen) atoms. The molecule has 0 saturated carbocycles. The quantitative estimate of drug-likeness (QED) is 0.358. The summed E-state index contributed by atoms with van der Waals surface area (Å²) >= 11 is 0. The maximum atomic E-state index is 13.2. The molecule has 0 aromatic heterocycles. The summed E-state index contributed by atoms with van der Waals surface area (Å²) in [5, 5.41) is 1.30. The first-order valence-electron chi connectivity index (χ1n) is 11.6. The van der Waals surface area contributed by atoms with Crippen LogP contribution in [0.1, 0.15) is 52.7 Å². The van der Waals surface area contributed by atoms with Crippen molar-refractivity contribution in [2.45, 2.75) is 52.4 Å². The van der Waals surface area contributed by atoms with Gasteiger partial charge in [0.2, 0.25) is 20.0 Å². The van der Waals surface area contributed by atoms with Crippen LogP contribution in [-0.4, -0.2) is 29.3 Å². The van der Waals surface area contributed by atoms with E-state index in [1.54, 1.807) is 24.3 Å². The maximum Gasteiger partial charge on any atom is 0.339 e. The zero-order valence-corrected chi connectivity index (χ0v) is 24.4. The lowest BCUT2D eigenvalue weighted by Gasteiger charge is -2.41. The molecule has 3 aromatic rings. The molecular formula is C26H33N2O5PS2. The molecule has 1 aliphatic rings. The highest BCUT2D eigenvalue weighted by Gasteiger charge is 2.46. The number of anilines is 2. The van der Waals surface area contributed by atoms with Crippen LogP contribution >= 0.6 is 8.45 Å². The molecule has 0 amide bonds. The van der Waals surface area contributed by atoms with Crippen LogP contribution in [-0.2, 0) is 30.9 Å². The Hall–Kier alpha value is -2.35. The molecule has 0 unspecified atom stereocenters. The monoisotopic (exact) mass is 548 g/mol. The molecule has 1 aliphatic heterocycles. The lowest BCUT2D eigenvalue weighted by molar-refractivity contribution is 0.526. The van der Waals surface area contributed by atoms with Crippen molar-refractivity contribution in [3.63, 3.8) is 0 Å². The normalized spacial score (nSPS) is 15.4. The van der Waals surface area contributed by atoms with Crippen molar-refractivity contribution >= 4 is 50.6 Å². The van der Waals surface area contributed by atoms with Crippen LogP contribution in [0.3, 0.4) is 0 Å². The largest absolute Gasteiger partial charge is 0.435 e. The first kappa shape index (κ1) is 26.7. The van der Waals surface area contributed by atoms with E-state index in [0.29, 0.717) is 22.5 Å². The minimum Gasteiger partial charge on any atom is -0.435 e. The van der Waals surface area contributed by atoms with Crippen LogP contribution in [0.4, 0.5) is 11.4 Å². The van der Waals surface area contributed by atoms with Crippen molar-refractivity contribution in [3.8, 4) is 5.75 Å². The van der Waals surface area contributed by atoms with Crippen molar-refractivity contribution < 1.29 is 21.4 Å². The Labute approximate surface area is 216 Å². The van der Waals surface area contributed by atoms with Crippen LogP contribution < -0.4 is 12.7 Å². The second kappa shape index (κ2) is 8.61. The van der Waals surface area contributed by atoms with Gasteiger partial charge in [-0.05, 0) is 40.0 Å². The topological polar surface area (TPSA) is 84.0 Å². The van der Waals surface area contributed by atoms with Crippen molar-refractivity contribution in [2.75, 3.05) is 20.7 Å². The molecule has 1 heterocycles. The zero-order valence-electron chi connectivity index (χ0n) is 21.9. The van der Waals surface area contributed by atoms with E-state index in [4.69, 9.17) is 4.52 Å². The van der Waals surface area contributed by atoms with E-state index in [2.05, 4.69) is 47.6 Å². The summed E-state index contributed by atoms with van der Waals surface area (Å²) in [5.74, 6) is 0.454. The molecule has 0 aliphatic carbocycles. The van der Waals surface area contributed by atoms with Gasteiger partial charge in [-0.3, -0.25) is 0 Å². The molecule has 0 bridgehead atoms. The Kier molecular flexibility index (Phi) is 6.38. The number of sulfonamides is 2. The Bertz CT molecular complexity index is 1480. The third kappa shape index (κ3) is 4.81. The Balaban J connectivity index is 2.01. The predicted molar refractivity (Wildman–Crippen MR) is 150 cm³/mol. The highest BCUT2D eigenvalue weighted by atomic mass is 32.2. The van der Waals surface area contributed by atoms with E-state index >= 15 is 0 Å². The molecule has 0 N–H and O–H groups in total. The summed E-state index contributed by atoms with van der Waals surface area (Å²) < 4.78 is 61.6. The summed E-state index contributed by atoms with van der Waals surface area (Å²) in [6.45, 7) is 12.5. The summed E-state index contributed by atoms with van der Waals surface area (Å²) in [7, 11) is -10.2. The average molecular weight is 549 g/mol. The lowest BCUT2D eigenvalue weighted by Crippen LogP contribution is -2.40. The standard InChI is InChI=1S/C26H33N2O5PS2/c1-25(2,3)19-15-16-23(20(17-19)26(4,5)6)33-34-27(35(7,29)30)21-13-9-11-18-12-10-14-22(24(18)21)28(34)36(8,31)32/h9-17H,1-8H3. The Morgan fingerprint density at radius 2 is 1.22 bits per heavy atom. The fourth-order valence-electron chi connectivity index (χ4n) is 4.31. The highest BCUT2D eigenvalue weighted by Crippen LogP contribution is 2.60. The minimum atomic E-state index is -3.93. The van der Waals surface area contributed by atoms with E-state index < -0.39 is 28.5 Å². The molecule has 7 nitrogen and oxygen atoms in total. The van der Waals surface area contributed by atoms with E-state index in [1.165, 1.54) is 0 Å². The first-order valence-corrected chi connectivity index (χ1v) is 16.4. The number of rotatable bonds is 4. The van der Waals surface area contributed by atoms with Gasteiger partial charge in [-0.2, -0.15) is 8.15 Å². The van der Waals surface area contributed by atoms with Gasteiger partial charge in [-0.15, -0.1) is 0 Å². The van der Waals surface area contributed by atoms with E-state index in [-0.39, 0.29) is 10.8 Å². The van der Waals surface area contributed by atoms with Gasteiger partial charge in [0.15, 0.2) is 0 Å². The van der Waals surface area contributed by atoms with Gasteiger partial charge in [0.25, 0.3) is 0 Å². The van der Waals surface area contributed by atoms with Gasteiger partial charge < -0.3 is 4.52 Å². The lowest BCUT2D eigenvalue weighted by atomic mass is 9.80. The Morgan fingerprint density at radius 1 is 0.722 bits per heavy atom. The van der Waals surface area contributed by atoms with Crippen LogP contribution in [0.2, 0.25) is 0 Å². The number of hydrogen-bond donors (Lipinski definition) is 0. The second-order valence-corrected chi connectivity index (χ2v) is 16.9. The number of benzene rings is 3. The molecule has 0 saturated heterocycles. The maximum absolute atomic E-state index is 13.2. The summed E-state index contributed by atoms with van der Waals surface area (Å²) in [6.07, 6.45) is 2.15. The van der Waals surface area contributed by atoms with Crippen molar-refractivity contribution in [2.24, 2.45) is 0 Å². The summed E-state index contributed by atoms with van der Waals surface area (Å²) in [5.41, 5.74) is 2.33. The molecule has 0 spiro atoms. The predicted octanol–water partition coefficient (Wildman–Crippen LogP) is 6.29. The molecule has 3 aromatic carbocycles. The van der Waals surface area contributed by atoms with Crippen LogP contribution in [0.25, 0.3) is 10.8 Å². The molecule has 194 valence electrons. The van der Waals surface area contributed by atoms with Crippen LogP contribution in [0, 0.1) is 0 Å². The highest BCUT2D eigenvalue weighted by molar-refractivity contribution is 8.05. The fraction of sp³-hybridized carbons (Fsp3) is 0.385. The van der Waals surface area contributed by atoms with E-state index in [0.717, 1.165) is 37.2 Å². The Morgan fingerprint density at radius 3 is 1.64 bits per heavy atom. The third-order valence-electron chi connectivity index (χ3n) is 6.05. The minimum absolute atomic E-state index is 0.110. The van der Waals surface area contributed by atoms with Crippen molar-refractivity contribution in [1.29, 1.82) is 0 Å². The number of nitrogens with zero attached hydrogens (tertiary/aromatic N) is 2. The second-order valence-electron chi connectivity index (χ2n) is 11.2. The van der Waals surface area contributed by atoms with Gasteiger partial charge in [-0.25, -0.2) is 16.8 Å². The molecule has 10 heteroatoms. The van der Waals surface area contributed by atoms with Crippen molar-refractivity contribution in [3.05, 3.63) is 65.7 Å². The SMILES string of the molecule is CC(C)(C)c1ccc(OP2N(S(C)(=O)=O)c3cccc4cccc(c34)N2S(C)(=O)=O)c(C(C)(C)C)c1. The third-order valence-corrected chi connectivity index (χ3v) is 11.7. The number of hydrogen-bond acceptors (Lipinski definition) is 5. The van der Waals surface area contributed by atoms with Crippen LogP contribution in [0.15, 0.2) is 54.6 Å². The molecule has 0 radical (unpaired) electrons. The smallest absolute Gasteiger partial charge is 0.339 e. The van der Waals surface area contributed by atoms with E-state index in [1.807, 2.05) is 24.3 Å². The van der Waals surface area contributed by atoms with Gasteiger partial charge in [-0.1, -0.05) is 77.9 Å². The van der Waals surface area contributed by atoms with Gasteiger partial charge >= 0.3 is 8.45 Å².